The lowest BCUT2D eigenvalue weighted by molar-refractivity contribution is -0.233. The second-order valence-corrected chi connectivity index (χ2v) is 17.2. The molecule has 6 heteroatoms. The Kier molecular flexibility index (Phi) is 8.08. The first-order valence-electron chi connectivity index (χ1n) is 17.3. The van der Waals surface area contributed by atoms with E-state index in [1.54, 1.807) is 6.08 Å². The van der Waals surface area contributed by atoms with Gasteiger partial charge in [-0.2, -0.15) is 0 Å². The van der Waals surface area contributed by atoms with Crippen LogP contribution in [0.25, 0.3) is 6.08 Å². The number of fused-ring (bicyclic) bond motifs is 7. The van der Waals surface area contributed by atoms with E-state index in [0.29, 0.717) is 25.2 Å². The average Bonchev–Trinajstić information content (AvgIpc) is 3.00. The molecule has 6 nitrogen and oxygen atoms in total. The zero-order chi connectivity index (χ0) is 32.6. The minimum atomic E-state index is -0.774. The molecule has 6 rings (SSSR count). The van der Waals surface area contributed by atoms with Gasteiger partial charge in [0.05, 0.1) is 25.4 Å². The van der Waals surface area contributed by atoms with E-state index in [1.807, 2.05) is 30.3 Å². The lowest BCUT2D eigenvalue weighted by Gasteiger charge is -2.72. The number of hydrogen-bond donors (Lipinski definition) is 4. The Labute approximate surface area is 270 Å². The smallest absolute Gasteiger partial charge is 0.331 e. The van der Waals surface area contributed by atoms with Crippen molar-refractivity contribution in [3.05, 3.63) is 53.6 Å². The van der Waals surface area contributed by atoms with Gasteiger partial charge in [0.1, 0.15) is 6.10 Å². The number of benzene rings is 1. The molecule has 0 aromatic heterocycles. The van der Waals surface area contributed by atoms with Crippen molar-refractivity contribution in [1.82, 2.24) is 0 Å². The Morgan fingerprint density at radius 3 is 2.27 bits per heavy atom. The summed E-state index contributed by atoms with van der Waals surface area (Å²) >= 11 is 0. The minimum Gasteiger partial charge on any atom is -0.459 e. The van der Waals surface area contributed by atoms with E-state index in [9.17, 15) is 25.2 Å². The lowest BCUT2D eigenvalue weighted by atomic mass is 9.33. The molecule has 45 heavy (non-hydrogen) atoms. The summed E-state index contributed by atoms with van der Waals surface area (Å²) < 4.78 is 6.12. The topological polar surface area (TPSA) is 107 Å². The van der Waals surface area contributed by atoms with E-state index in [1.165, 1.54) is 11.6 Å². The van der Waals surface area contributed by atoms with Crippen LogP contribution < -0.4 is 0 Å². The molecule has 0 radical (unpaired) electrons. The van der Waals surface area contributed by atoms with E-state index in [2.05, 4.69) is 47.6 Å². The highest BCUT2D eigenvalue weighted by Gasteiger charge is 2.71. The van der Waals surface area contributed by atoms with Gasteiger partial charge in [0.25, 0.3) is 0 Å². The maximum absolute atomic E-state index is 13.0. The number of esters is 1. The Morgan fingerprint density at radius 2 is 1.60 bits per heavy atom. The van der Waals surface area contributed by atoms with Gasteiger partial charge in [0, 0.05) is 22.3 Å². The van der Waals surface area contributed by atoms with Crippen LogP contribution in [-0.2, 0) is 9.53 Å². The number of ether oxygens (including phenoxy) is 1. The van der Waals surface area contributed by atoms with Crippen molar-refractivity contribution in [2.75, 3.05) is 13.2 Å². The molecule has 1 aromatic carbocycles. The molecule has 0 heterocycles. The van der Waals surface area contributed by atoms with Crippen LogP contribution in [0.5, 0.6) is 0 Å². The molecule has 0 aliphatic heterocycles. The Hall–Kier alpha value is -1.99. The zero-order valence-electron chi connectivity index (χ0n) is 28.3. The van der Waals surface area contributed by atoms with E-state index >= 15 is 0 Å². The van der Waals surface area contributed by atoms with Crippen LogP contribution in [0.15, 0.2) is 48.1 Å². The van der Waals surface area contributed by atoms with Crippen LogP contribution in [0.2, 0.25) is 0 Å². The highest BCUT2D eigenvalue weighted by molar-refractivity contribution is 5.87. The number of aliphatic hydroxyl groups excluding tert-OH is 4. The van der Waals surface area contributed by atoms with Crippen LogP contribution in [-0.4, -0.2) is 57.9 Å². The van der Waals surface area contributed by atoms with Crippen LogP contribution in [0, 0.1) is 50.2 Å². The molecule has 11 atom stereocenters. The number of carbonyl (C=O) groups is 1. The monoisotopic (exact) mass is 620 g/mol. The highest BCUT2D eigenvalue weighted by atomic mass is 16.5. The molecule has 0 amide bonds. The third-order valence-corrected chi connectivity index (χ3v) is 14.9. The number of rotatable bonds is 5. The molecular formula is C39H56O6. The summed E-state index contributed by atoms with van der Waals surface area (Å²) in [5.41, 5.74) is 0.333. The quantitative estimate of drug-likeness (QED) is 0.174. The number of aliphatic hydroxyl groups is 4. The predicted octanol–water partition coefficient (Wildman–Crippen LogP) is 6.32. The molecule has 4 saturated carbocycles. The molecule has 4 fully saturated rings. The summed E-state index contributed by atoms with van der Waals surface area (Å²) in [6.07, 6.45) is 10.3. The van der Waals surface area contributed by atoms with Gasteiger partial charge in [-0.15, -0.1) is 0 Å². The van der Waals surface area contributed by atoms with Crippen LogP contribution in [0.4, 0.5) is 0 Å². The van der Waals surface area contributed by atoms with Crippen LogP contribution in [0.1, 0.15) is 98.5 Å². The first-order chi connectivity index (χ1) is 21.1. The van der Waals surface area contributed by atoms with Gasteiger partial charge in [0.15, 0.2) is 0 Å². The van der Waals surface area contributed by atoms with Crippen molar-refractivity contribution in [1.29, 1.82) is 0 Å². The highest BCUT2D eigenvalue weighted by Crippen LogP contribution is 2.75. The summed E-state index contributed by atoms with van der Waals surface area (Å²) in [6, 6.07) is 9.67. The Morgan fingerprint density at radius 1 is 0.889 bits per heavy atom. The Balaban J connectivity index is 1.32. The van der Waals surface area contributed by atoms with Gasteiger partial charge in [-0.05, 0) is 97.0 Å². The first-order valence-corrected chi connectivity index (χ1v) is 17.3. The van der Waals surface area contributed by atoms with Crippen molar-refractivity contribution < 1.29 is 30.0 Å². The minimum absolute atomic E-state index is 0.00110. The number of carbonyl (C=O) groups excluding carboxylic acids is 1. The van der Waals surface area contributed by atoms with Crippen molar-refractivity contribution in [2.45, 2.75) is 111 Å². The van der Waals surface area contributed by atoms with E-state index in [4.69, 9.17) is 4.74 Å². The third-order valence-electron chi connectivity index (χ3n) is 14.9. The van der Waals surface area contributed by atoms with E-state index in [0.717, 1.165) is 37.7 Å². The standard InChI is InChI=1S/C39H56O6/c1-34(2)20-27-26-13-14-29-35(3)18-17-30(42)36(4,23-40)28(35)16-19-37(29,5)38(26,6)21-31(43)39(27,24-41)22-32(34)45-33(44)15-12-25-10-8-7-9-11-25/h7-13,15,27-32,40-43H,14,16-24H2,1-6H3/b15-12-/t27-,28+,29+,30-,31-,32-,35-,36-,37+,38+,39+/m0/s1. The van der Waals surface area contributed by atoms with Crippen molar-refractivity contribution in [3.63, 3.8) is 0 Å². The van der Waals surface area contributed by atoms with E-state index in [-0.39, 0.29) is 46.7 Å². The normalized spacial score (nSPS) is 47.1. The molecule has 5 aliphatic carbocycles. The summed E-state index contributed by atoms with van der Waals surface area (Å²) in [5.74, 6) is 0.190. The predicted molar refractivity (Wildman–Crippen MR) is 176 cm³/mol. The molecular weight excluding hydrogens is 564 g/mol. The van der Waals surface area contributed by atoms with Gasteiger partial charge >= 0.3 is 5.97 Å². The molecule has 248 valence electrons. The fourth-order valence-corrected chi connectivity index (χ4v) is 11.8. The Bertz CT molecular complexity index is 1350. The van der Waals surface area contributed by atoms with E-state index < -0.39 is 35.1 Å². The van der Waals surface area contributed by atoms with Crippen LogP contribution in [0.3, 0.4) is 0 Å². The largest absolute Gasteiger partial charge is 0.459 e. The van der Waals surface area contributed by atoms with Crippen molar-refractivity contribution in [2.24, 2.45) is 50.2 Å². The summed E-state index contributed by atoms with van der Waals surface area (Å²) in [5, 5.41) is 44.9. The second kappa shape index (κ2) is 11.0. The lowest BCUT2D eigenvalue weighted by Crippen LogP contribution is -2.68. The third kappa shape index (κ3) is 4.67. The maximum atomic E-state index is 13.0. The van der Waals surface area contributed by atoms with Gasteiger partial charge in [-0.25, -0.2) is 4.79 Å². The van der Waals surface area contributed by atoms with Crippen LogP contribution >= 0.6 is 0 Å². The molecule has 1 aromatic rings. The molecule has 0 unspecified atom stereocenters. The molecule has 0 spiro atoms. The fourth-order valence-electron chi connectivity index (χ4n) is 11.8. The van der Waals surface area contributed by atoms with Gasteiger partial charge < -0.3 is 25.2 Å². The maximum Gasteiger partial charge on any atom is 0.331 e. The van der Waals surface area contributed by atoms with Gasteiger partial charge in [-0.3, -0.25) is 0 Å². The zero-order valence-corrected chi connectivity index (χ0v) is 28.3. The van der Waals surface area contributed by atoms with Crippen molar-refractivity contribution >= 4 is 12.0 Å². The average molecular weight is 621 g/mol. The molecule has 5 aliphatic rings. The first kappa shape index (κ1) is 32.9. The van der Waals surface area contributed by atoms with Gasteiger partial charge in [-0.1, -0.05) is 83.5 Å². The number of hydrogen-bond acceptors (Lipinski definition) is 6. The molecule has 0 saturated heterocycles. The van der Waals surface area contributed by atoms with Crippen molar-refractivity contribution in [3.8, 4) is 0 Å². The summed E-state index contributed by atoms with van der Waals surface area (Å²) in [6.45, 7) is 13.5. The molecule has 0 bridgehead atoms. The van der Waals surface area contributed by atoms with Gasteiger partial charge in [0.2, 0.25) is 0 Å². The fraction of sp³-hybridized carbons (Fsp3) is 0.718. The number of allylic oxidation sites excluding steroid dienone is 2. The SMILES string of the molecule is CC1(C)C[C@H]2C3=CC[C@@H]4[C@@]5(C)CC[C@H](O)[C@@](C)(CO)[C@@H]5CC[C@@]4(C)[C@]3(C)C[C@H](O)[C@@]2(CO)C[C@@H]1OC(=O)/C=C\c1ccccc1. The summed E-state index contributed by atoms with van der Waals surface area (Å²) in [4.78, 5) is 13.0. The molecule has 4 N–H and O–H groups in total. The second-order valence-electron chi connectivity index (χ2n) is 17.2. The summed E-state index contributed by atoms with van der Waals surface area (Å²) in [7, 11) is 0.